The lowest BCUT2D eigenvalue weighted by Crippen LogP contribution is -2.19. The van der Waals surface area contributed by atoms with E-state index in [1.165, 1.54) is 29.7 Å². The molecule has 0 aliphatic heterocycles. The maximum atomic E-state index is 12.0. The fraction of sp³-hybridized carbons (Fsp3) is 0.100. The zero-order valence-electron chi connectivity index (χ0n) is 9.78. The average molecular weight is 318 g/mol. The van der Waals surface area contributed by atoms with Gasteiger partial charge in [-0.3, -0.25) is 10.0 Å². The van der Waals surface area contributed by atoms with Gasteiger partial charge in [0.15, 0.2) is 15.7 Å². The predicted octanol–water partition coefficient (Wildman–Crippen LogP) is 0.816. The standard InChI is InChI=1S/C10H8ClN3O5S/c11-6-1-3-7(4-2-6)20(17,18)5-8-12-10(19-14-8)9(15)13-16/h1-4,16H,5H2,(H,13,15). The van der Waals surface area contributed by atoms with E-state index in [2.05, 4.69) is 14.7 Å². The van der Waals surface area contributed by atoms with Crippen LogP contribution in [0.1, 0.15) is 16.5 Å². The SMILES string of the molecule is O=C(NO)c1nc(CS(=O)(=O)c2ccc(Cl)cc2)no1. The van der Waals surface area contributed by atoms with Crippen LogP contribution in [0, 0.1) is 0 Å². The second-order valence-corrected chi connectivity index (χ2v) is 6.10. The van der Waals surface area contributed by atoms with Gasteiger partial charge in [0.1, 0.15) is 5.75 Å². The van der Waals surface area contributed by atoms with Gasteiger partial charge in [-0.1, -0.05) is 16.8 Å². The molecule has 20 heavy (non-hydrogen) atoms. The Labute approximate surface area is 118 Å². The maximum Gasteiger partial charge on any atom is 0.333 e. The number of sulfone groups is 1. The number of rotatable bonds is 4. The average Bonchev–Trinajstić information content (AvgIpc) is 2.86. The molecule has 2 rings (SSSR count). The van der Waals surface area contributed by atoms with Gasteiger partial charge in [-0.05, 0) is 24.3 Å². The molecule has 2 aromatic rings. The summed E-state index contributed by atoms with van der Waals surface area (Å²) < 4.78 is 28.6. The van der Waals surface area contributed by atoms with Crippen molar-refractivity contribution in [3.63, 3.8) is 0 Å². The molecular formula is C10H8ClN3O5S. The molecule has 1 amide bonds. The predicted molar refractivity (Wildman–Crippen MR) is 65.9 cm³/mol. The number of amides is 1. The fourth-order valence-corrected chi connectivity index (χ4v) is 2.65. The van der Waals surface area contributed by atoms with Crippen LogP contribution < -0.4 is 5.48 Å². The first-order valence-electron chi connectivity index (χ1n) is 5.18. The molecule has 1 aromatic carbocycles. The zero-order chi connectivity index (χ0) is 14.8. The van der Waals surface area contributed by atoms with Gasteiger partial charge in [0, 0.05) is 5.02 Å². The molecule has 0 aliphatic rings. The third-order valence-corrected chi connectivity index (χ3v) is 4.14. The van der Waals surface area contributed by atoms with Crippen LogP contribution in [0.5, 0.6) is 0 Å². The van der Waals surface area contributed by atoms with E-state index in [9.17, 15) is 13.2 Å². The van der Waals surface area contributed by atoms with E-state index in [1.807, 2.05) is 0 Å². The molecule has 0 atom stereocenters. The Morgan fingerprint density at radius 2 is 2.00 bits per heavy atom. The summed E-state index contributed by atoms with van der Waals surface area (Å²) in [6, 6.07) is 5.57. The van der Waals surface area contributed by atoms with Gasteiger partial charge in [-0.25, -0.2) is 13.9 Å². The number of hydrogen-bond donors (Lipinski definition) is 2. The first-order chi connectivity index (χ1) is 9.42. The Bertz CT molecular complexity index is 726. The third-order valence-electron chi connectivity index (χ3n) is 2.26. The first kappa shape index (κ1) is 14.4. The largest absolute Gasteiger partial charge is 0.333 e. The topological polar surface area (TPSA) is 122 Å². The van der Waals surface area contributed by atoms with E-state index < -0.39 is 27.4 Å². The van der Waals surface area contributed by atoms with Crippen LogP contribution in [0.15, 0.2) is 33.7 Å². The van der Waals surface area contributed by atoms with E-state index in [-0.39, 0.29) is 10.7 Å². The highest BCUT2D eigenvalue weighted by atomic mass is 35.5. The molecule has 2 N–H and O–H groups in total. The fourth-order valence-electron chi connectivity index (χ4n) is 1.35. The minimum Gasteiger partial charge on any atom is -0.328 e. The minimum atomic E-state index is -3.69. The molecule has 8 nitrogen and oxygen atoms in total. The summed E-state index contributed by atoms with van der Waals surface area (Å²) in [4.78, 5) is 14.6. The molecule has 0 unspecified atom stereocenters. The van der Waals surface area contributed by atoms with Crippen LogP contribution in [-0.4, -0.2) is 29.7 Å². The van der Waals surface area contributed by atoms with Crippen molar-refractivity contribution in [1.29, 1.82) is 0 Å². The van der Waals surface area contributed by atoms with Crippen LogP contribution >= 0.6 is 11.6 Å². The van der Waals surface area contributed by atoms with Gasteiger partial charge in [-0.15, -0.1) is 0 Å². The molecule has 0 bridgehead atoms. The molecule has 106 valence electrons. The van der Waals surface area contributed by atoms with Gasteiger partial charge in [0.05, 0.1) is 4.90 Å². The highest BCUT2D eigenvalue weighted by Crippen LogP contribution is 2.17. The summed E-state index contributed by atoms with van der Waals surface area (Å²) in [5, 5.41) is 12.1. The van der Waals surface area contributed by atoms with Crippen molar-refractivity contribution in [3.8, 4) is 0 Å². The molecule has 0 aliphatic carbocycles. The van der Waals surface area contributed by atoms with E-state index in [0.29, 0.717) is 5.02 Å². The number of carbonyl (C=O) groups is 1. The quantitative estimate of drug-likeness (QED) is 0.632. The van der Waals surface area contributed by atoms with Crippen molar-refractivity contribution in [1.82, 2.24) is 15.6 Å². The van der Waals surface area contributed by atoms with Gasteiger partial charge in [-0.2, -0.15) is 4.98 Å². The van der Waals surface area contributed by atoms with Crippen LogP contribution in [0.4, 0.5) is 0 Å². The summed E-state index contributed by atoms with van der Waals surface area (Å²) in [5.74, 6) is -2.29. The maximum absolute atomic E-state index is 12.0. The lowest BCUT2D eigenvalue weighted by atomic mass is 10.4. The van der Waals surface area contributed by atoms with E-state index in [4.69, 9.17) is 16.8 Å². The molecule has 0 saturated carbocycles. The third kappa shape index (κ3) is 3.13. The van der Waals surface area contributed by atoms with E-state index in [1.54, 1.807) is 0 Å². The van der Waals surface area contributed by atoms with Crippen LogP contribution in [0.3, 0.4) is 0 Å². The number of nitrogens with one attached hydrogen (secondary N) is 1. The lowest BCUT2D eigenvalue weighted by Gasteiger charge is -2.01. The minimum absolute atomic E-state index is 0.0415. The Hall–Kier alpha value is -1.97. The number of carbonyl (C=O) groups excluding carboxylic acids is 1. The Morgan fingerprint density at radius 3 is 2.60 bits per heavy atom. The van der Waals surface area contributed by atoms with Crippen molar-refractivity contribution in [2.75, 3.05) is 0 Å². The monoisotopic (exact) mass is 317 g/mol. The van der Waals surface area contributed by atoms with Gasteiger partial charge < -0.3 is 4.52 Å². The smallest absolute Gasteiger partial charge is 0.328 e. The van der Waals surface area contributed by atoms with E-state index >= 15 is 0 Å². The highest BCUT2D eigenvalue weighted by Gasteiger charge is 2.21. The number of aromatic nitrogens is 2. The van der Waals surface area contributed by atoms with Crippen molar-refractivity contribution in [2.24, 2.45) is 0 Å². The van der Waals surface area contributed by atoms with E-state index in [0.717, 1.165) is 0 Å². The van der Waals surface area contributed by atoms with Crippen LogP contribution in [-0.2, 0) is 15.6 Å². The first-order valence-corrected chi connectivity index (χ1v) is 7.21. The van der Waals surface area contributed by atoms with Crippen LogP contribution in [0.25, 0.3) is 0 Å². The normalized spacial score (nSPS) is 11.3. The molecule has 1 heterocycles. The summed E-state index contributed by atoms with van der Waals surface area (Å²) in [6.45, 7) is 0. The van der Waals surface area contributed by atoms with Crippen molar-refractivity contribution >= 4 is 27.3 Å². The van der Waals surface area contributed by atoms with Crippen LogP contribution in [0.2, 0.25) is 5.02 Å². The molecule has 10 heteroatoms. The Kier molecular flexibility index (Phi) is 4.02. The number of nitrogens with zero attached hydrogens (tertiary/aromatic N) is 2. The van der Waals surface area contributed by atoms with Gasteiger partial charge in [0.25, 0.3) is 0 Å². The van der Waals surface area contributed by atoms with Crippen molar-refractivity contribution in [2.45, 2.75) is 10.6 Å². The van der Waals surface area contributed by atoms with Crippen molar-refractivity contribution < 1.29 is 22.9 Å². The number of benzene rings is 1. The lowest BCUT2D eigenvalue weighted by molar-refractivity contribution is 0.0659. The summed E-state index contributed by atoms with van der Waals surface area (Å²) in [6.07, 6.45) is 0. The van der Waals surface area contributed by atoms with Gasteiger partial charge in [0.2, 0.25) is 0 Å². The Morgan fingerprint density at radius 1 is 1.35 bits per heavy atom. The molecule has 0 radical (unpaired) electrons. The molecule has 1 aromatic heterocycles. The molecule has 0 fully saturated rings. The summed E-state index contributed by atoms with van der Waals surface area (Å²) in [7, 11) is -3.69. The molecular weight excluding hydrogens is 310 g/mol. The summed E-state index contributed by atoms with van der Waals surface area (Å²) in [5.41, 5.74) is 1.30. The number of hydroxylamine groups is 1. The second kappa shape index (κ2) is 5.57. The number of hydrogen-bond acceptors (Lipinski definition) is 7. The molecule has 0 spiro atoms. The number of halogens is 1. The zero-order valence-corrected chi connectivity index (χ0v) is 11.3. The molecule has 0 saturated heterocycles. The Balaban J connectivity index is 2.22. The van der Waals surface area contributed by atoms with Gasteiger partial charge >= 0.3 is 11.8 Å². The second-order valence-electron chi connectivity index (χ2n) is 3.67. The summed E-state index contributed by atoms with van der Waals surface area (Å²) >= 11 is 5.67. The van der Waals surface area contributed by atoms with Crippen molar-refractivity contribution in [3.05, 3.63) is 41.0 Å². The highest BCUT2D eigenvalue weighted by molar-refractivity contribution is 7.90.